The van der Waals surface area contributed by atoms with Gasteiger partial charge in [0.05, 0.1) is 14.2 Å². The molecule has 0 aliphatic rings. The molecule has 0 fully saturated rings. The summed E-state index contributed by atoms with van der Waals surface area (Å²) in [4.78, 5) is 11.9. The Morgan fingerprint density at radius 2 is 1.70 bits per heavy atom. The first-order valence-electron chi connectivity index (χ1n) is 7.39. The maximum atomic E-state index is 11.9. The van der Waals surface area contributed by atoms with Gasteiger partial charge in [-0.2, -0.15) is 0 Å². The number of para-hydroxylation sites is 1. The van der Waals surface area contributed by atoms with E-state index in [4.69, 9.17) is 14.2 Å². The highest BCUT2D eigenvalue weighted by molar-refractivity contribution is 5.77. The number of rotatable bonds is 8. The van der Waals surface area contributed by atoms with Crippen LogP contribution in [-0.4, -0.2) is 33.3 Å². The molecule has 0 aromatic heterocycles. The lowest BCUT2D eigenvalue weighted by molar-refractivity contribution is -0.123. The van der Waals surface area contributed by atoms with Crippen molar-refractivity contribution >= 4 is 5.91 Å². The number of carbonyl (C=O) groups is 1. The molecular weight excluding hydrogens is 294 g/mol. The number of nitrogens with one attached hydrogen (secondary N) is 1. The quantitative estimate of drug-likeness (QED) is 0.813. The summed E-state index contributed by atoms with van der Waals surface area (Å²) in [6.45, 7) is 0.500. The second kappa shape index (κ2) is 8.68. The van der Waals surface area contributed by atoms with Crippen molar-refractivity contribution in [2.45, 2.75) is 6.42 Å². The summed E-state index contributed by atoms with van der Waals surface area (Å²) in [5.74, 6) is 1.34. The van der Waals surface area contributed by atoms with Gasteiger partial charge in [-0.1, -0.05) is 36.4 Å². The zero-order valence-electron chi connectivity index (χ0n) is 13.4. The van der Waals surface area contributed by atoms with Crippen molar-refractivity contribution in [2.24, 2.45) is 0 Å². The van der Waals surface area contributed by atoms with Crippen molar-refractivity contribution in [1.29, 1.82) is 0 Å². The maximum absolute atomic E-state index is 11.9. The average Bonchev–Trinajstić information content (AvgIpc) is 2.60. The van der Waals surface area contributed by atoms with Crippen LogP contribution in [0, 0.1) is 0 Å². The van der Waals surface area contributed by atoms with Crippen LogP contribution in [0.4, 0.5) is 0 Å². The van der Waals surface area contributed by atoms with E-state index in [2.05, 4.69) is 5.32 Å². The molecule has 0 heterocycles. The molecule has 5 nitrogen and oxygen atoms in total. The highest BCUT2D eigenvalue weighted by atomic mass is 16.5. The first-order valence-corrected chi connectivity index (χ1v) is 7.39. The van der Waals surface area contributed by atoms with Gasteiger partial charge in [-0.3, -0.25) is 4.79 Å². The number of amides is 1. The fourth-order valence-electron chi connectivity index (χ4n) is 2.16. The van der Waals surface area contributed by atoms with Crippen LogP contribution in [0.25, 0.3) is 0 Å². The number of hydrogen-bond acceptors (Lipinski definition) is 4. The Morgan fingerprint density at radius 3 is 2.39 bits per heavy atom. The Labute approximate surface area is 136 Å². The molecule has 2 rings (SSSR count). The SMILES string of the molecule is COc1cccc(OCC(=O)NCCc2ccccc2)c1OC. The van der Waals surface area contributed by atoms with Crippen LogP contribution < -0.4 is 19.5 Å². The van der Waals surface area contributed by atoms with E-state index in [1.54, 1.807) is 25.3 Å². The summed E-state index contributed by atoms with van der Waals surface area (Å²) in [7, 11) is 3.09. The Balaban J connectivity index is 1.80. The van der Waals surface area contributed by atoms with Gasteiger partial charge in [-0.25, -0.2) is 0 Å². The number of carbonyl (C=O) groups excluding carboxylic acids is 1. The van der Waals surface area contributed by atoms with Gasteiger partial charge >= 0.3 is 0 Å². The number of ether oxygens (including phenoxy) is 3. The molecule has 0 spiro atoms. The van der Waals surface area contributed by atoms with E-state index < -0.39 is 0 Å². The molecule has 1 amide bonds. The molecule has 5 heteroatoms. The molecule has 0 aliphatic carbocycles. The molecular formula is C18H21NO4. The first kappa shape index (κ1) is 16.7. The van der Waals surface area contributed by atoms with Gasteiger partial charge < -0.3 is 19.5 Å². The third kappa shape index (κ3) is 4.92. The lowest BCUT2D eigenvalue weighted by atomic mass is 10.1. The lowest BCUT2D eigenvalue weighted by Gasteiger charge is -2.13. The summed E-state index contributed by atoms with van der Waals surface area (Å²) >= 11 is 0. The summed E-state index contributed by atoms with van der Waals surface area (Å²) in [5, 5.41) is 2.83. The van der Waals surface area contributed by atoms with Gasteiger partial charge in [0.15, 0.2) is 18.1 Å². The summed E-state index contributed by atoms with van der Waals surface area (Å²) in [5.41, 5.74) is 1.18. The fraction of sp³-hybridized carbons (Fsp3) is 0.278. The zero-order chi connectivity index (χ0) is 16.5. The Kier molecular flexibility index (Phi) is 6.29. The van der Waals surface area contributed by atoms with Crippen molar-refractivity contribution < 1.29 is 19.0 Å². The van der Waals surface area contributed by atoms with E-state index in [0.29, 0.717) is 23.8 Å². The summed E-state index contributed by atoms with van der Waals surface area (Å²) < 4.78 is 16.0. The fourth-order valence-corrected chi connectivity index (χ4v) is 2.16. The smallest absolute Gasteiger partial charge is 0.257 e. The van der Waals surface area contributed by atoms with Crippen molar-refractivity contribution in [3.63, 3.8) is 0 Å². The average molecular weight is 315 g/mol. The molecule has 0 aliphatic heterocycles. The van der Waals surface area contributed by atoms with Crippen LogP contribution in [0.2, 0.25) is 0 Å². The van der Waals surface area contributed by atoms with Crippen LogP contribution in [-0.2, 0) is 11.2 Å². The minimum absolute atomic E-state index is 0.0711. The topological polar surface area (TPSA) is 56.8 Å². The van der Waals surface area contributed by atoms with E-state index in [9.17, 15) is 4.79 Å². The molecule has 1 N–H and O–H groups in total. The monoisotopic (exact) mass is 315 g/mol. The van der Waals surface area contributed by atoms with Crippen LogP contribution in [0.5, 0.6) is 17.2 Å². The number of hydrogen-bond donors (Lipinski definition) is 1. The first-order chi connectivity index (χ1) is 11.2. The molecule has 2 aromatic rings. The zero-order valence-corrected chi connectivity index (χ0v) is 13.4. The van der Waals surface area contributed by atoms with Crippen LogP contribution in [0.15, 0.2) is 48.5 Å². The Morgan fingerprint density at radius 1 is 0.957 bits per heavy atom. The Bertz CT molecular complexity index is 628. The second-order valence-corrected chi connectivity index (χ2v) is 4.87. The second-order valence-electron chi connectivity index (χ2n) is 4.87. The molecule has 122 valence electrons. The lowest BCUT2D eigenvalue weighted by Crippen LogP contribution is -2.30. The van der Waals surface area contributed by atoms with Crippen molar-refractivity contribution in [1.82, 2.24) is 5.32 Å². The maximum Gasteiger partial charge on any atom is 0.257 e. The number of benzene rings is 2. The molecule has 0 unspecified atom stereocenters. The standard InChI is InChI=1S/C18H21NO4/c1-21-15-9-6-10-16(18(15)22-2)23-13-17(20)19-12-11-14-7-4-3-5-8-14/h3-10H,11-13H2,1-2H3,(H,19,20). The van der Waals surface area contributed by atoms with Gasteiger partial charge in [-0.15, -0.1) is 0 Å². The number of methoxy groups -OCH3 is 2. The molecule has 0 bridgehead atoms. The molecule has 0 atom stereocenters. The van der Waals surface area contributed by atoms with E-state index >= 15 is 0 Å². The van der Waals surface area contributed by atoms with E-state index in [1.807, 2.05) is 30.3 Å². The normalized spacial score (nSPS) is 10.0. The Hall–Kier alpha value is -2.69. The third-order valence-corrected chi connectivity index (χ3v) is 3.30. The summed E-state index contributed by atoms with van der Waals surface area (Å²) in [6, 6.07) is 15.3. The van der Waals surface area contributed by atoms with Crippen LogP contribution >= 0.6 is 0 Å². The molecule has 0 saturated heterocycles. The van der Waals surface area contributed by atoms with Gasteiger partial charge in [0, 0.05) is 6.54 Å². The predicted molar refractivity (Wildman–Crippen MR) is 88.2 cm³/mol. The van der Waals surface area contributed by atoms with Gasteiger partial charge in [-0.05, 0) is 24.1 Å². The van der Waals surface area contributed by atoms with Gasteiger partial charge in [0.25, 0.3) is 5.91 Å². The minimum Gasteiger partial charge on any atom is -0.493 e. The van der Waals surface area contributed by atoms with E-state index in [-0.39, 0.29) is 12.5 Å². The van der Waals surface area contributed by atoms with Gasteiger partial charge in [0.2, 0.25) is 5.75 Å². The predicted octanol–water partition coefficient (Wildman–Crippen LogP) is 2.44. The van der Waals surface area contributed by atoms with Crippen molar-refractivity contribution in [3.8, 4) is 17.2 Å². The molecule has 23 heavy (non-hydrogen) atoms. The third-order valence-electron chi connectivity index (χ3n) is 3.30. The largest absolute Gasteiger partial charge is 0.493 e. The highest BCUT2D eigenvalue weighted by Crippen LogP contribution is 2.36. The molecule has 2 aromatic carbocycles. The highest BCUT2D eigenvalue weighted by Gasteiger charge is 2.12. The molecule has 0 saturated carbocycles. The molecule has 0 radical (unpaired) electrons. The van der Waals surface area contributed by atoms with Crippen molar-refractivity contribution in [2.75, 3.05) is 27.4 Å². The van der Waals surface area contributed by atoms with Crippen molar-refractivity contribution in [3.05, 3.63) is 54.1 Å². The van der Waals surface area contributed by atoms with E-state index in [0.717, 1.165) is 6.42 Å². The van der Waals surface area contributed by atoms with Crippen LogP contribution in [0.1, 0.15) is 5.56 Å². The van der Waals surface area contributed by atoms with E-state index in [1.165, 1.54) is 12.7 Å². The van der Waals surface area contributed by atoms with Gasteiger partial charge in [0.1, 0.15) is 0 Å². The summed E-state index contributed by atoms with van der Waals surface area (Å²) in [6.07, 6.45) is 0.787. The minimum atomic E-state index is -0.175. The van der Waals surface area contributed by atoms with Crippen LogP contribution in [0.3, 0.4) is 0 Å².